The minimum absolute atomic E-state index is 0.0845. The van der Waals surface area contributed by atoms with Gasteiger partial charge in [-0.25, -0.2) is 0 Å². The molecule has 1 unspecified atom stereocenters. The van der Waals surface area contributed by atoms with Gasteiger partial charge in [0.2, 0.25) is 5.91 Å². The maximum Gasteiger partial charge on any atom is 0.248 e. The highest BCUT2D eigenvalue weighted by Crippen LogP contribution is 2.18. The number of carbonyl (C=O) groups is 1. The van der Waals surface area contributed by atoms with E-state index in [2.05, 4.69) is 0 Å². The number of likely N-dealkylation sites (tertiary alicyclic amines) is 1. The van der Waals surface area contributed by atoms with Crippen LogP contribution in [0.3, 0.4) is 0 Å². The number of alkyl halides is 1. The van der Waals surface area contributed by atoms with Crippen molar-refractivity contribution in [2.45, 2.75) is 51.7 Å². The zero-order valence-electron chi connectivity index (χ0n) is 10.2. The second-order valence-electron chi connectivity index (χ2n) is 4.60. The van der Waals surface area contributed by atoms with Gasteiger partial charge >= 0.3 is 0 Å². The van der Waals surface area contributed by atoms with Crippen molar-refractivity contribution in [2.24, 2.45) is 0 Å². The lowest BCUT2D eigenvalue weighted by atomic mass is 10.1. The number of ether oxygens (including phenoxy) is 1. The highest BCUT2D eigenvalue weighted by molar-refractivity contribution is 6.18. The molecule has 0 N–H and O–H groups in total. The number of halogens is 1. The molecule has 3 nitrogen and oxygen atoms in total. The summed E-state index contributed by atoms with van der Waals surface area (Å²) >= 11 is 5.92. The number of carbonyl (C=O) groups excluding carboxylic acids is 1. The van der Waals surface area contributed by atoms with E-state index in [0.29, 0.717) is 5.88 Å². The number of nitrogens with zero attached hydrogens (tertiary/aromatic N) is 1. The molecule has 16 heavy (non-hydrogen) atoms. The molecular formula is C12H22ClNO2. The molecule has 1 saturated heterocycles. The van der Waals surface area contributed by atoms with Crippen molar-refractivity contribution in [3.63, 3.8) is 0 Å². The van der Waals surface area contributed by atoms with Crippen LogP contribution in [0.2, 0.25) is 0 Å². The van der Waals surface area contributed by atoms with Gasteiger partial charge in [-0.05, 0) is 26.7 Å². The molecule has 0 aromatic heterocycles. The summed E-state index contributed by atoms with van der Waals surface area (Å²) < 4.78 is 5.36. The van der Waals surface area contributed by atoms with E-state index in [-0.39, 0.29) is 24.7 Å². The van der Waals surface area contributed by atoms with Gasteiger partial charge < -0.3 is 9.64 Å². The Morgan fingerprint density at radius 2 is 2.19 bits per heavy atom. The summed E-state index contributed by atoms with van der Waals surface area (Å²) in [5.74, 6) is 0.620. The SMILES string of the molecule is CC(C)OCC(=O)N1CCCCCC1CCl. The molecule has 0 radical (unpaired) electrons. The summed E-state index contributed by atoms with van der Waals surface area (Å²) in [5.41, 5.74) is 0. The van der Waals surface area contributed by atoms with Gasteiger partial charge in [-0.3, -0.25) is 4.79 Å². The van der Waals surface area contributed by atoms with Crippen LogP contribution in [0.15, 0.2) is 0 Å². The molecule has 0 aromatic rings. The molecule has 1 heterocycles. The van der Waals surface area contributed by atoms with Gasteiger partial charge in [0.25, 0.3) is 0 Å². The molecule has 0 aromatic carbocycles. The van der Waals surface area contributed by atoms with Crippen molar-refractivity contribution in [2.75, 3.05) is 19.0 Å². The topological polar surface area (TPSA) is 29.5 Å². The highest BCUT2D eigenvalue weighted by atomic mass is 35.5. The van der Waals surface area contributed by atoms with E-state index in [9.17, 15) is 4.79 Å². The monoisotopic (exact) mass is 247 g/mol. The van der Waals surface area contributed by atoms with Gasteiger partial charge in [0.15, 0.2) is 0 Å². The van der Waals surface area contributed by atoms with Crippen molar-refractivity contribution in [1.82, 2.24) is 4.90 Å². The van der Waals surface area contributed by atoms with Crippen molar-refractivity contribution in [1.29, 1.82) is 0 Å². The molecule has 0 saturated carbocycles. The fourth-order valence-corrected chi connectivity index (χ4v) is 2.31. The summed E-state index contributed by atoms with van der Waals surface area (Å²) in [6, 6.07) is 0.201. The summed E-state index contributed by atoms with van der Waals surface area (Å²) in [7, 11) is 0. The third kappa shape index (κ3) is 4.30. The minimum atomic E-state index is 0.0845. The fourth-order valence-electron chi connectivity index (χ4n) is 1.99. The maximum atomic E-state index is 12.0. The molecule has 1 aliphatic rings. The zero-order chi connectivity index (χ0) is 12.0. The minimum Gasteiger partial charge on any atom is -0.369 e. The van der Waals surface area contributed by atoms with Crippen molar-refractivity contribution in [3.8, 4) is 0 Å². The van der Waals surface area contributed by atoms with E-state index in [1.54, 1.807) is 0 Å². The lowest BCUT2D eigenvalue weighted by molar-refractivity contribution is -0.139. The lowest BCUT2D eigenvalue weighted by Crippen LogP contribution is -2.43. The van der Waals surface area contributed by atoms with Crippen LogP contribution in [-0.2, 0) is 9.53 Å². The number of rotatable bonds is 4. The number of hydrogen-bond acceptors (Lipinski definition) is 2. The third-order valence-electron chi connectivity index (χ3n) is 2.92. The Bertz CT molecular complexity index is 221. The largest absolute Gasteiger partial charge is 0.369 e. The van der Waals surface area contributed by atoms with E-state index >= 15 is 0 Å². The summed E-state index contributed by atoms with van der Waals surface area (Å²) in [5, 5.41) is 0. The van der Waals surface area contributed by atoms with Crippen LogP contribution in [0.5, 0.6) is 0 Å². The predicted molar refractivity (Wildman–Crippen MR) is 65.8 cm³/mol. The normalized spacial score (nSPS) is 22.2. The standard InChI is InChI=1S/C12H22ClNO2/c1-10(2)16-9-12(15)14-7-5-3-4-6-11(14)8-13/h10-11H,3-9H2,1-2H3. The van der Waals surface area contributed by atoms with Crippen molar-refractivity contribution < 1.29 is 9.53 Å². The van der Waals surface area contributed by atoms with Crippen LogP contribution in [0.1, 0.15) is 39.5 Å². The van der Waals surface area contributed by atoms with Crippen LogP contribution in [0.4, 0.5) is 0 Å². The average molecular weight is 248 g/mol. The Kier molecular flexibility index (Phi) is 6.14. The highest BCUT2D eigenvalue weighted by Gasteiger charge is 2.24. The molecule has 0 bridgehead atoms. The Balaban J connectivity index is 2.49. The zero-order valence-corrected chi connectivity index (χ0v) is 11.0. The van der Waals surface area contributed by atoms with Gasteiger partial charge in [0.05, 0.1) is 6.10 Å². The summed E-state index contributed by atoms with van der Waals surface area (Å²) in [4.78, 5) is 13.9. The molecule has 1 aliphatic heterocycles. The van der Waals surface area contributed by atoms with Gasteiger partial charge in [-0.1, -0.05) is 12.8 Å². The second kappa shape index (κ2) is 7.13. The molecule has 1 atom stereocenters. The van der Waals surface area contributed by atoms with Crippen molar-refractivity contribution in [3.05, 3.63) is 0 Å². The first-order valence-electron chi connectivity index (χ1n) is 6.12. The lowest BCUT2D eigenvalue weighted by Gasteiger charge is -2.28. The molecular weight excluding hydrogens is 226 g/mol. The second-order valence-corrected chi connectivity index (χ2v) is 4.91. The van der Waals surface area contributed by atoms with E-state index in [1.165, 1.54) is 12.8 Å². The Hall–Kier alpha value is -0.280. The molecule has 1 rings (SSSR count). The van der Waals surface area contributed by atoms with Crippen LogP contribution in [0.25, 0.3) is 0 Å². The average Bonchev–Trinajstić information content (AvgIpc) is 2.50. The molecule has 4 heteroatoms. The van der Waals surface area contributed by atoms with Crippen LogP contribution in [-0.4, -0.2) is 42.0 Å². The first-order chi connectivity index (χ1) is 7.65. The maximum absolute atomic E-state index is 12.0. The van der Waals surface area contributed by atoms with E-state index in [0.717, 1.165) is 19.4 Å². The van der Waals surface area contributed by atoms with Crippen LogP contribution < -0.4 is 0 Å². The van der Waals surface area contributed by atoms with Gasteiger partial charge in [0.1, 0.15) is 6.61 Å². The smallest absolute Gasteiger partial charge is 0.248 e. The van der Waals surface area contributed by atoms with E-state index in [4.69, 9.17) is 16.3 Å². The first-order valence-corrected chi connectivity index (χ1v) is 6.65. The molecule has 94 valence electrons. The summed E-state index contributed by atoms with van der Waals surface area (Å²) in [6.07, 6.45) is 4.58. The Labute approximate surface area is 103 Å². The van der Waals surface area contributed by atoms with Gasteiger partial charge in [-0.15, -0.1) is 11.6 Å². The van der Waals surface area contributed by atoms with Gasteiger partial charge in [-0.2, -0.15) is 0 Å². The summed E-state index contributed by atoms with van der Waals surface area (Å²) in [6.45, 7) is 4.90. The fraction of sp³-hybridized carbons (Fsp3) is 0.917. The van der Waals surface area contributed by atoms with Crippen LogP contribution >= 0.6 is 11.6 Å². The quantitative estimate of drug-likeness (QED) is 0.714. The van der Waals surface area contributed by atoms with E-state index < -0.39 is 0 Å². The van der Waals surface area contributed by atoms with Crippen molar-refractivity contribution >= 4 is 17.5 Å². The number of amides is 1. The Morgan fingerprint density at radius 3 is 2.81 bits per heavy atom. The molecule has 0 spiro atoms. The number of hydrogen-bond donors (Lipinski definition) is 0. The Morgan fingerprint density at radius 1 is 1.44 bits per heavy atom. The first kappa shape index (κ1) is 13.8. The van der Waals surface area contributed by atoms with Gasteiger partial charge in [0, 0.05) is 18.5 Å². The predicted octanol–water partition coefficient (Wildman–Crippen LogP) is 2.42. The third-order valence-corrected chi connectivity index (χ3v) is 3.27. The molecule has 1 fully saturated rings. The van der Waals surface area contributed by atoms with Crippen LogP contribution in [0, 0.1) is 0 Å². The molecule has 0 aliphatic carbocycles. The molecule has 1 amide bonds. The van der Waals surface area contributed by atoms with E-state index in [1.807, 2.05) is 18.7 Å².